The number of hydrogen-bond acceptors (Lipinski definition) is 6. The van der Waals surface area contributed by atoms with Crippen molar-refractivity contribution in [1.82, 2.24) is 24.9 Å². The fraction of sp³-hybridized carbons (Fsp3) is 0.615. The summed E-state index contributed by atoms with van der Waals surface area (Å²) in [6, 6.07) is 0. The lowest BCUT2D eigenvalue weighted by Gasteiger charge is -2.38. The Kier molecular flexibility index (Phi) is 3.54. The fourth-order valence-corrected chi connectivity index (χ4v) is 2.79. The van der Waals surface area contributed by atoms with E-state index in [1.807, 2.05) is 6.92 Å². The molecule has 1 aliphatic rings. The third-order valence-electron chi connectivity index (χ3n) is 3.61. The van der Waals surface area contributed by atoms with Crippen LogP contribution in [-0.4, -0.2) is 48.7 Å². The Balaban J connectivity index is 1.63. The summed E-state index contributed by atoms with van der Waals surface area (Å²) in [5.41, 5.74) is -0.763. The summed E-state index contributed by atoms with van der Waals surface area (Å²) >= 11 is 0. The summed E-state index contributed by atoms with van der Waals surface area (Å²) in [6.45, 7) is 4.55. The Labute approximate surface area is 117 Å². The molecule has 1 aliphatic heterocycles. The van der Waals surface area contributed by atoms with Crippen LogP contribution in [0.15, 0.2) is 23.0 Å². The predicted molar refractivity (Wildman–Crippen MR) is 70.7 cm³/mol. The predicted octanol–water partition coefficient (Wildman–Crippen LogP) is 0.602. The van der Waals surface area contributed by atoms with Crippen LogP contribution >= 0.6 is 0 Å². The zero-order valence-electron chi connectivity index (χ0n) is 11.6. The molecule has 0 saturated carbocycles. The van der Waals surface area contributed by atoms with Gasteiger partial charge < -0.3 is 9.52 Å². The van der Waals surface area contributed by atoms with Gasteiger partial charge >= 0.3 is 0 Å². The van der Waals surface area contributed by atoms with E-state index in [0.29, 0.717) is 25.5 Å². The van der Waals surface area contributed by atoms with Gasteiger partial charge in [0.25, 0.3) is 0 Å². The highest BCUT2D eigenvalue weighted by atomic mass is 16.4. The molecule has 20 heavy (non-hydrogen) atoms. The van der Waals surface area contributed by atoms with Crippen LogP contribution in [0.1, 0.15) is 24.5 Å². The van der Waals surface area contributed by atoms with Crippen molar-refractivity contribution in [2.75, 3.05) is 13.1 Å². The first-order chi connectivity index (χ1) is 9.63. The molecule has 1 unspecified atom stereocenters. The molecular formula is C13H19N5O2. The van der Waals surface area contributed by atoms with Crippen LogP contribution in [0, 0.1) is 6.92 Å². The number of aryl methyl sites for hydroxylation is 1. The van der Waals surface area contributed by atoms with Gasteiger partial charge in [-0.2, -0.15) is 0 Å². The summed E-state index contributed by atoms with van der Waals surface area (Å²) in [5, 5.41) is 18.4. The van der Waals surface area contributed by atoms with Crippen molar-refractivity contribution >= 4 is 0 Å². The standard InChI is InChI=1S/C13H19N5O2/c1-11-14-7-12(20-11)8-17-5-2-3-13(19,9-17)10-18-6-4-15-16-18/h4,6-7,19H,2-3,5,8-10H2,1H3. The molecule has 0 amide bonds. The van der Waals surface area contributed by atoms with Crippen LogP contribution in [-0.2, 0) is 13.1 Å². The van der Waals surface area contributed by atoms with Crippen LogP contribution in [0.3, 0.4) is 0 Å². The molecule has 2 aromatic heterocycles. The second kappa shape index (κ2) is 5.34. The van der Waals surface area contributed by atoms with E-state index in [4.69, 9.17) is 4.42 Å². The molecule has 0 bridgehead atoms. The average Bonchev–Trinajstić information content (AvgIpc) is 3.01. The van der Waals surface area contributed by atoms with Gasteiger partial charge in [-0.05, 0) is 19.4 Å². The number of piperidine rings is 1. The van der Waals surface area contributed by atoms with E-state index in [1.165, 1.54) is 0 Å². The quantitative estimate of drug-likeness (QED) is 0.881. The molecular weight excluding hydrogens is 258 g/mol. The molecule has 0 radical (unpaired) electrons. The third-order valence-corrected chi connectivity index (χ3v) is 3.61. The minimum Gasteiger partial charge on any atom is -0.445 e. The lowest BCUT2D eigenvalue weighted by molar-refractivity contribution is -0.0491. The van der Waals surface area contributed by atoms with Gasteiger partial charge in [-0.1, -0.05) is 5.21 Å². The SMILES string of the molecule is Cc1ncc(CN2CCCC(O)(Cn3ccnn3)C2)o1. The number of nitrogens with zero attached hydrogens (tertiary/aromatic N) is 5. The smallest absolute Gasteiger partial charge is 0.191 e. The van der Waals surface area contributed by atoms with Crippen LogP contribution in [0.25, 0.3) is 0 Å². The van der Waals surface area contributed by atoms with Crippen LogP contribution in [0.4, 0.5) is 0 Å². The summed E-state index contributed by atoms with van der Waals surface area (Å²) in [6.07, 6.45) is 6.88. The molecule has 1 N–H and O–H groups in total. The Morgan fingerprint density at radius 1 is 1.50 bits per heavy atom. The lowest BCUT2D eigenvalue weighted by Crippen LogP contribution is -2.50. The van der Waals surface area contributed by atoms with Crippen molar-refractivity contribution in [3.63, 3.8) is 0 Å². The molecule has 7 heteroatoms. The fourth-order valence-electron chi connectivity index (χ4n) is 2.79. The third kappa shape index (κ3) is 3.05. The highest BCUT2D eigenvalue weighted by Crippen LogP contribution is 2.24. The monoisotopic (exact) mass is 277 g/mol. The maximum absolute atomic E-state index is 10.7. The van der Waals surface area contributed by atoms with E-state index in [9.17, 15) is 5.11 Å². The normalized spacial score (nSPS) is 24.1. The maximum Gasteiger partial charge on any atom is 0.191 e. The van der Waals surface area contributed by atoms with Crippen LogP contribution in [0.5, 0.6) is 0 Å². The molecule has 108 valence electrons. The van der Waals surface area contributed by atoms with Crippen LogP contribution < -0.4 is 0 Å². The molecule has 1 atom stereocenters. The first-order valence-electron chi connectivity index (χ1n) is 6.83. The summed E-state index contributed by atoms with van der Waals surface area (Å²) < 4.78 is 7.18. The van der Waals surface area contributed by atoms with Crippen molar-refractivity contribution in [3.8, 4) is 0 Å². The van der Waals surface area contributed by atoms with E-state index in [2.05, 4.69) is 20.2 Å². The Hall–Kier alpha value is -1.73. The molecule has 0 spiro atoms. The summed E-state index contributed by atoms with van der Waals surface area (Å²) in [5.74, 6) is 1.52. The van der Waals surface area contributed by atoms with Crippen molar-refractivity contribution in [2.45, 2.75) is 38.5 Å². The molecule has 2 aromatic rings. The average molecular weight is 277 g/mol. The lowest BCUT2D eigenvalue weighted by atomic mass is 9.92. The minimum atomic E-state index is -0.763. The zero-order valence-corrected chi connectivity index (χ0v) is 11.6. The van der Waals surface area contributed by atoms with E-state index in [1.54, 1.807) is 23.3 Å². The van der Waals surface area contributed by atoms with Gasteiger partial charge in [-0.3, -0.25) is 4.90 Å². The Bertz CT molecular complexity index is 553. The topological polar surface area (TPSA) is 80.2 Å². The number of likely N-dealkylation sites (tertiary alicyclic amines) is 1. The first-order valence-corrected chi connectivity index (χ1v) is 6.83. The van der Waals surface area contributed by atoms with Gasteiger partial charge in [0.1, 0.15) is 5.76 Å². The molecule has 1 fully saturated rings. The number of oxazole rings is 1. The molecule has 3 rings (SSSR count). The van der Waals surface area contributed by atoms with E-state index >= 15 is 0 Å². The molecule has 1 saturated heterocycles. The van der Waals surface area contributed by atoms with E-state index in [0.717, 1.165) is 25.1 Å². The largest absolute Gasteiger partial charge is 0.445 e. The number of aromatic nitrogens is 4. The second-order valence-electron chi connectivity index (χ2n) is 5.48. The van der Waals surface area contributed by atoms with Crippen molar-refractivity contribution < 1.29 is 9.52 Å². The minimum absolute atomic E-state index is 0.471. The Morgan fingerprint density at radius 2 is 2.40 bits per heavy atom. The Morgan fingerprint density at radius 3 is 3.10 bits per heavy atom. The van der Waals surface area contributed by atoms with Gasteiger partial charge in [0.2, 0.25) is 0 Å². The highest BCUT2D eigenvalue weighted by molar-refractivity contribution is 4.95. The van der Waals surface area contributed by atoms with Crippen molar-refractivity contribution in [2.24, 2.45) is 0 Å². The molecule has 3 heterocycles. The highest BCUT2D eigenvalue weighted by Gasteiger charge is 2.34. The van der Waals surface area contributed by atoms with Gasteiger partial charge in [0.15, 0.2) is 5.89 Å². The molecule has 7 nitrogen and oxygen atoms in total. The summed E-state index contributed by atoms with van der Waals surface area (Å²) in [4.78, 5) is 6.30. The first kappa shape index (κ1) is 13.3. The number of hydrogen-bond donors (Lipinski definition) is 1. The number of β-amino-alcohol motifs (C(OH)–C–C–N with tert-alkyl or cyclic N) is 1. The molecule has 0 aliphatic carbocycles. The number of aliphatic hydroxyl groups is 1. The summed E-state index contributed by atoms with van der Waals surface area (Å²) in [7, 11) is 0. The van der Waals surface area contributed by atoms with Gasteiger partial charge in [0, 0.05) is 19.7 Å². The van der Waals surface area contributed by atoms with Gasteiger partial charge in [0.05, 0.1) is 31.1 Å². The van der Waals surface area contributed by atoms with Crippen molar-refractivity contribution in [1.29, 1.82) is 0 Å². The van der Waals surface area contributed by atoms with Crippen LogP contribution in [0.2, 0.25) is 0 Å². The van der Waals surface area contributed by atoms with Crippen molar-refractivity contribution in [3.05, 3.63) is 30.2 Å². The second-order valence-corrected chi connectivity index (χ2v) is 5.48. The maximum atomic E-state index is 10.7. The van der Waals surface area contributed by atoms with E-state index in [-0.39, 0.29) is 0 Å². The molecule has 0 aromatic carbocycles. The zero-order chi connectivity index (χ0) is 14.0. The number of rotatable bonds is 4. The van der Waals surface area contributed by atoms with Gasteiger partial charge in [-0.25, -0.2) is 9.67 Å². The van der Waals surface area contributed by atoms with E-state index < -0.39 is 5.60 Å². The van der Waals surface area contributed by atoms with Gasteiger partial charge in [-0.15, -0.1) is 5.10 Å².